The maximum absolute atomic E-state index is 12.6. The van der Waals surface area contributed by atoms with Crippen LogP contribution < -0.4 is 21.3 Å². The highest BCUT2D eigenvalue weighted by molar-refractivity contribution is 5.83. The summed E-state index contributed by atoms with van der Waals surface area (Å²) in [6.45, 7) is 9.40. The molecule has 4 aliphatic rings. The molecule has 0 spiro atoms. The lowest BCUT2D eigenvalue weighted by Crippen LogP contribution is -2.63. The molecule has 4 rings (SSSR count). The Labute approximate surface area is 249 Å². The second-order valence-corrected chi connectivity index (χ2v) is 14.2. The summed E-state index contributed by atoms with van der Waals surface area (Å²) in [6.07, 6.45) is 16.1. The molecule has 0 aromatic heterocycles. The predicted octanol–water partition coefficient (Wildman–Crippen LogP) is 3.53. The maximum Gasteiger partial charge on any atom is 0.325 e. The molecule has 1 heterocycles. The van der Waals surface area contributed by atoms with Crippen molar-refractivity contribution in [3.8, 4) is 0 Å². The number of carbonyl (C=O) groups is 2. The van der Waals surface area contributed by atoms with Crippen LogP contribution in [0.15, 0.2) is 0 Å². The zero-order valence-corrected chi connectivity index (χ0v) is 26.3. The Morgan fingerprint density at radius 2 is 1.51 bits per heavy atom. The minimum absolute atomic E-state index is 0.00418. The fourth-order valence-electron chi connectivity index (χ4n) is 7.37. The van der Waals surface area contributed by atoms with Crippen molar-refractivity contribution in [3.05, 3.63) is 0 Å². The first kappa shape index (κ1) is 32.6. The molecule has 0 radical (unpaired) electrons. The summed E-state index contributed by atoms with van der Waals surface area (Å²) in [4.78, 5) is 27.0. The van der Waals surface area contributed by atoms with Gasteiger partial charge in [-0.1, -0.05) is 19.3 Å². The first-order valence-corrected chi connectivity index (χ1v) is 16.7. The number of nitrogens with zero attached hydrogens (tertiary/aromatic N) is 1. The number of nitrogens with one attached hydrogen (secondary N) is 4. The van der Waals surface area contributed by atoms with Crippen LogP contribution in [0, 0.1) is 17.8 Å². The van der Waals surface area contributed by atoms with Crippen molar-refractivity contribution in [2.45, 2.75) is 134 Å². The summed E-state index contributed by atoms with van der Waals surface area (Å²) >= 11 is 0. The van der Waals surface area contributed by atoms with Gasteiger partial charge in [-0.05, 0) is 104 Å². The van der Waals surface area contributed by atoms with Gasteiger partial charge in [-0.3, -0.25) is 25.5 Å². The van der Waals surface area contributed by atoms with Crippen molar-refractivity contribution < 1.29 is 19.1 Å². The number of ether oxygens (including phenoxy) is 2. The van der Waals surface area contributed by atoms with Crippen LogP contribution in [0.2, 0.25) is 0 Å². The Hall–Kier alpha value is -1.26. The molecule has 0 unspecified atom stereocenters. The minimum Gasteiger partial charge on any atom is -0.459 e. The Morgan fingerprint density at radius 3 is 2.15 bits per heavy atom. The molecule has 9 heteroatoms. The third-order valence-electron chi connectivity index (χ3n) is 9.88. The lowest BCUT2D eigenvalue weighted by molar-refractivity contribution is -0.154. The van der Waals surface area contributed by atoms with Crippen molar-refractivity contribution in [1.29, 1.82) is 0 Å². The zero-order valence-electron chi connectivity index (χ0n) is 26.3. The molecule has 0 atom stereocenters. The number of likely N-dealkylation sites (N-methyl/N-ethyl adjacent to an activating group) is 1. The summed E-state index contributed by atoms with van der Waals surface area (Å²) in [5.74, 6) is 0.844. The molecule has 236 valence electrons. The molecule has 1 amide bonds. The Kier molecular flexibility index (Phi) is 12.7. The fraction of sp³-hybridized carbons (Fsp3) is 0.938. The molecular formula is C32H59N5O4. The average molecular weight is 578 g/mol. The van der Waals surface area contributed by atoms with Crippen LogP contribution in [-0.2, 0) is 19.1 Å². The first-order chi connectivity index (χ1) is 19.7. The lowest BCUT2D eigenvalue weighted by Gasteiger charge is -2.40. The monoisotopic (exact) mass is 577 g/mol. The largest absolute Gasteiger partial charge is 0.459 e. The highest BCUT2D eigenvalue weighted by atomic mass is 16.6. The van der Waals surface area contributed by atoms with Gasteiger partial charge in [-0.2, -0.15) is 0 Å². The zero-order chi connectivity index (χ0) is 29.2. The van der Waals surface area contributed by atoms with Gasteiger partial charge in [0.25, 0.3) is 0 Å². The summed E-state index contributed by atoms with van der Waals surface area (Å²) < 4.78 is 11.6. The van der Waals surface area contributed by atoms with E-state index in [0.29, 0.717) is 24.0 Å². The molecule has 4 N–H and O–H groups in total. The van der Waals surface area contributed by atoms with Crippen LogP contribution in [0.4, 0.5) is 0 Å². The van der Waals surface area contributed by atoms with Crippen molar-refractivity contribution in [2.75, 3.05) is 39.8 Å². The standard InChI is InChI=1S/C32H59N5O4/c1-32(2,3)41-29(38)22-33-30(39)24-12-10-23(11-13-24)25-20-34-31(35-21-25)36-26-14-16-28(17-15-26)40-19-18-37(4)27-8-6-5-7-9-27/h23-28,31,34-36H,5-22H2,1-4H3,(H,33,39). The highest BCUT2D eigenvalue weighted by Gasteiger charge is 2.34. The minimum atomic E-state index is -0.532. The van der Waals surface area contributed by atoms with E-state index in [1.807, 2.05) is 20.8 Å². The van der Waals surface area contributed by atoms with Crippen LogP contribution in [0.1, 0.15) is 104 Å². The summed E-state index contributed by atoms with van der Waals surface area (Å²) in [5, 5.41) is 14.0. The smallest absolute Gasteiger partial charge is 0.325 e. The highest BCUT2D eigenvalue weighted by Crippen LogP contribution is 2.34. The normalized spacial score (nSPS) is 32.0. The average Bonchev–Trinajstić information content (AvgIpc) is 2.97. The van der Waals surface area contributed by atoms with Gasteiger partial charge in [0.05, 0.1) is 12.7 Å². The van der Waals surface area contributed by atoms with E-state index in [-0.39, 0.29) is 30.6 Å². The Balaban J connectivity index is 1.04. The van der Waals surface area contributed by atoms with E-state index in [9.17, 15) is 9.59 Å². The van der Waals surface area contributed by atoms with E-state index in [4.69, 9.17) is 9.47 Å². The number of carbonyl (C=O) groups excluding carboxylic acids is 2. The number of hydrogen-bond donors (Lipinski definition) is 4. The van der Waals surface area contributed by atoms with Crippen LogP contribution in [0.3, 0.4) is 0 Å². The molecule has 0 aromatic carbocycles. The van der Waals surface area contributed by atoms with Crippen LogP contribution in [0.25, 0.3) is 0 Å². The van der Waals surface area contributed by atoms with E-state index >= 15 is 0 Å². The summed E-state index contributed by atoms with van der Waals surface area (Å²) in [6, 6.07) is 1.30. The molecular weight excluding hydrogens is 518 g/mol. The molecule has 9 nitrogen and oxygen atoms in total. The van der Waals surface area contributed by atoms with Gasteiger partial charge in [0, 0.05) is 37.6 Å². The quantitative estimate of drug-likeness (QED) is 0.277. The van der Waals surface area contributed by atoms with E-state index in [2.05, 4.69) is 33.2 Å². The molecule has 3 aliphatic carbocycles. The first-order valence-electron chi connectivity index (χ1n) is 16.7. The lowest BCUT2D eigenvalue weighted by atomic mass is 9.75. The van der Waals surface area contributed by atoms with Gasteiger partial charge < -0.3 is 19.7 Å². The van der Waals surface area contributed by atoms with E-state index in [1.54, 1.807) is 0 Å². The van der Waals surface area contributed by atoms with Crippen LogP contribution in [0.5, 0.6) is 0 Å². The van der Waals surface area contributed by atoms with Gasteiger partial charge in [0.1, 0.15) is 18.4 Å². The van der Waals surface area contributed by atoms with Gasteiger partial charge in [-0.25, -0.2) is 0 Å². The second-order valence-electron chi connectivity index (χ2n) is 14.2. The third-order valence-corrected chi connectivity index (χ3v) is 9.88. The Bertz CT molecular complexity index is 790. The number of rotatable bonds is 11. The maximum atomic E-state index is 12.6. The second kappa shape index (κ2) is 16.0. The van der Waals surface area contributed by atoms with Crippen molar-refractivity contribution in [1.82, 2.24) is 26.2 Å². The van der Waals surface area contributed by atoms with Gasteiger partial charge in [-0.15, -0.1) is 0 Å². The van der Waals surface area contributed by atoms with E-state index < -0.39 is 5.60 Å². The molecule has 1 saturated heterocycles. The molecule has 4 fully saturated rings. The number of esters is 1. The topological polar surface area (TPSA) is 104 Å². The third kappa shape index (κ3) is 11.1. The van der Waals surface area contributed by atoms with Gasteiger partial charge in [0.2, 0.25) is 5.91 Å². The van der Waals surface area contributed by atoms with Gasteiger partial charge >= 0.3 is 5.97 Å². The van der Waals surface area contributed by atoms with Crippen molar-refractivity contribution in [2.24, 2.45) is 17.8 Å². The molecule has 1 aliphatic heterocycles. The molecule has 0 bridgehead atoms. The Morgan fingerprint density at radius 1 is 0.854 bits per heavy atom. The van der Waals surface area contributed by atoms with Crippen LogP contribution >= 0.6 is 0 Å². The number of hydrogen-bond acceptors (Lipinski definition) is 8. The summed E-state index contributed by atoms with van der Waals surface area (Å²) in [7, 11) is 2.27. The summed E-state index contributed by atoms with van der Waals surface area (Å²) in [5.41, 5.74) is -0.532. The SMILES string of the molecule is CN(CCOC1CCC(NC2NCC(C3CCC(C(=O)NCC(=O)OC(C)(C)C)CC3)CN2)CC1)C1CCCCC1. The van der Waals surface area contributed by atoms with Gasteiger partial charge in [0.15, 0.2) is 0 Å². The fourth-order valence-corrected chi connectivity index (χ4v) is 7.37. The van der Waals surface area contributed by atoms with E-state index in [1.165, 1.54) is 44.9 Å². The molecule has 41 heavy (non-hydrogen) atoms. The van der Waals surface area contributed by atoms with Crippen molar-refractivity contribution in [3.63, 3.8) is 0 Å². The predicted molar refractivity (Wildman–Crippen MR) is 162 cm³/mol. The van der Waals surface area contributed by atoms with Crippen molar-refractivity contribution >= 4 is 11.9 Å². The van der Waals surface area contributed by atoms with Crippen LogP contribution in [-0.4, -0.2) is 86.7 Å². The van der Waals surface area contributed by atoms with E-state index in [0.717, 1.165) is 70.8 Å². The number of amides is 1. The molecule has 3 saturated carbocycles. The molecule has 0 aromatic rings.